The van der Waals surface area contributed by atoms with Crippen molar-refractivity contribution in [3.8, 4) is 0 Å². The van der Waals surface area contributed by atoms with E-state index in [9.17, 15) is 8.42 Å². The fourth-order valence-corrected chi connectivity index (χ4v) is 3.47. The van der Waals surface area contributed by atoms with Crippen molar-refractivity contribution in [3.63, 3.8) is 0 Å². The van der Waals surface area contributed by atoms with Crippen LogP contribution < -0.4 is 10.5 Å². The molecule has 0 aromatic heterocycles. The molecule has 0 bridgehead atoms. The standard InChI is InChI=1S/C11H17BrN2O2S/c1-3-8(2)7-14-17(15,16)11-5-4-9(13)6-10(11)12/h4-6,8,14H,3,7,13H2,1-2H3. The van der Waals surface area contributed by atoms with Gasteiger partial charge in [0.15, 0.2) is 0 Å². The third-order valence-electron chi connectivity index (χ3n) is 2.56. The predicted molar refractivity (Wildman–Crippen MR) is 73.2 cm³/mol. The summed E-state index contributed by atoms with van der Waals surface area (Å²) in [5.74, 6) is 0.317. The summed E-state index contributed by atoms with van der Waals surface area (Å²) < 4.78 is 27.1. The van der Waals surface area contributed by atoms with Gasteiger partial charge in [0, 0.05) is 16.7 Å². The van der Waals surface area contributed by atoms with E-state index < -0.39 is 10.0 Å². The molecule has 6 heteroatoms. The summed E-state index contributed by atoms with van der Waals surface area (Å²) in [5, 5.41) is 0. The Morgan fingerprint density at radius 2 is 2.12 bits per heavy atom. The number of rotatable bonds is 5. The van der Waals surface area contributed by atoms with Gasteiger partial charge in [-0.1, -0.05) is 20.3 Å². The number of anilines is 1. The van der Waals surface area contributed by atoms with Gasteiger partial charge in [0.1, 0.15) is 0 Å². The molecule has 1 unspecified atom stereocenters. The van der Waals surface area contributed by atoms with E-state index in [0.717, 1.165) is 6.42 Å². The van der Waals surface area contributed by atoms with Gasteiger partial charge in [-0.2, -0.15) is 0 Å². The van der Waals surface area contributed by atoms with Gasteiger partial charge in [-0.05, 0) is 40.0 Å². The Kier molecular flexibility index (Phi) is 4.97. The molecule has 0 amide bonds. The molecule has 0 aliphatic rings. The number of nitrogens with one attached hydrogen (secondary N) is 1. The average molecular weight is 321 g/mol. The Morgan fingerprint density at radius 3 is 2.65 bits per heavy atom. The minimum absolute atomic E-state index is 0.218. The highest BCUT2D eigenvalue weighted by Crippen LogP contribution is 2.24. The highest BCUT2D eigenvalue weighted by molar-refractivity contribution is 9.10. The van der Waals surface area contributed by atoms with Crippen LogP contribution in [0.3, 0.4) is 0 Å². The molecule has 0 heterocycles. The van der Waals surface area contributed by atoms with Crippen LogP contribution in [0.25, 0.3) is 0 Å². The summed E-state index contributed by atoms with van der Waals surface area (Å²) in [7, 11) is -3.47. The number of nitrogens with two attached hydrogens (primary N) is 1. The Bertz CT molecular complexity index is 488. The van der Waals surface area contributed by atoms with E-state index in [0.29, 0.717) is 22.6 Å². The maximum Gasteiger partial charge on any atom is 0.241 e. The van der Waals surface area contributed by atoms with Crippen molar-refractivity contribution in [3.05, 3.63) is 22.7 Å². The van der Waals surface area contributed by atoms with Crippen LogP contribution >= 0.6 is 15.9 Å². The number of hydrogen-bond acceptors (Lipinski definition) is 3. The number of benzene rings is 1. The van der Waals surface area contributed by atoms with Crippen molar-refractivity contribution in [2.75, 3.05) is 12.3 Å². The van der Waals surface area contributed by atoms with Gasteiger partial charge >= 0.3 is 0 Å². The zero-order valence-corrected chi connectivity index (χ0v) is 12.3. The first-order valence-corrected chi connectivity index (χ1v) is 7.69. The van der Waals surface area contributed by atoms with Crippen molar-refractivity contribution >= 4 is 31.6 Å². The number of nitrogen functional groups attached to an aromatic ring is 1. The molecule has 0 fully saturated rings. The number of sulfonamides is 1. The van der Waals surface area contributed by atoms with Crippen molar-refractivity contribution < 1.29 is 8.42 Å². The quantitative estimate of drug-likeness (QED) is 0.818. The molecule has 0 saturated carbocycles. The Balaban J connectivity index is 2.90. The Morgan fingerprint density at radius 1 is 1.47 bits per heavy atom. The van der Waals surface area contributed by atoms with Crippen LogP contribution in [0.2, 0.25) is 0 Å². The molecule has 17 heavy (non-hydrogen) atoms. The van der Waals surface area contributed by atoms with E-state index in [4.69, 9.17) is 5.73 Å². The second-order valence-electron chi connectivity index (χ2n) is 4.06. The second-order valence-corrected chi connectivity index (χ2v) is 6.64. The van der Waals surface area contributed by atoms with Gasteiger partial charge in [-0.15, -0.1) is 0 Å². The summed E-state index contributed by atoms with van der Waals surface area (Å²) in [4.78, 5) is 0.218. The minimum atomic E-state index is -3.47. The second kappa shape index (κ2) is 5.84. The van der Waals surface area contributed by atoms with Crippen LogP contribution in [0.4, 0.5) is 5.69 Å². The molecule has 0 radical (unpaired) electrons. The van der Waals surface area contributed by atoms with Crippen LogP contribution in [0.5, 0.6) is 0 Å². The third-order valence-corrected chi connectivity index (χ3v) is 4.96. The molecule has 96 valence electrons. The van der Waals surface area contributed by atoms with Crippen LogP contribution in [0.15, 0.2) is 27.6 Å². The molecular formula is C11H17BrN2O2S. The molecule has 3 N–H and O–H groups in total. The lowest BCUT2D eigenvalue weighted by Gasteiger charge is -2.12. The molecule has 1 atom stereocenters. The lowest BCUT2D eigenvalue weighted by Crippen LogP contribution is -2.28. The highest BCUT2D eigenvalue weighted by Gasteiger charge is 2.17. The average Bonchev–Trinajstić information content (AvgIpc) is 2.25. The third kappa shape index (κ3) is 3.97. The van der Waals surface area contributed by atoms with Gasteiger partial charge < -0.3 is 5.73 Å². The molecule has 1 aromatic rings. The van der Waals surface area contributed by atoms with E-state index in [2.05, 4.69) is 20.7 Å². The van der Waals surface area contributed by atoms with E-state index in [1.165, 1.54) is 6.07 Å². The summed E-state index contributed by atoms with van der Waals surface area (Å²) in [6.07, 6.45) is 0.936. The first-order chi connectivity index (χ1) is 7.86. The molecule has 1 aromatic carbocycles. The van der Waals surface area contributed by atoms with Gasteiger partial charge in [-0.3, -0.25) is 0 Å². The molecular weight excluding hydrogens is 304 g/mol. The first-order valence-electron chi connectivity index (χ1n) is 5.41. The summed E-state index contributed by atoms with van der Waals surface area (Å²) >= 11 is 3.21. The predicted octanol–water partition coefficient (Wildman–Crippen LogP) is 2.36. The van der Waals surface area contributed by atoms with E-state index in [1.807, 2.05) is 13.8 Å². The lowest BCUT2D eigenvalue weighted by atomic mass is 10.1. The maximum absolute atomic E-state index is 12.0. The maximum atomic E-state index is 12.0. The summed E-state index contributed by atoms with van der Waals surface area (Å²) in [5.41, 5.74) is 6.09. The molecule has 0 aliphatic heterocycles. The Labute approximate surface area is 111 Å². The molecule has 0 aliphatic carbocycles. The zero-order chi connectivity index (χ0) is 13.1. The van der Waals surface area contributed by atoms with E-state index in [1.54, 1.807) is 12.1 Å². The van der Waals surface area contributed by atoms with Gasteiger partial charge in [0.2, 0.25) is 10.0 Å². The summed E-state index contributed by atoms with van der Waals surface area (Å²) in [6, 6.07) is 4.65. The highest BCUT2D eigenvalue weighted by atomic mass is 79.9. The molecule has 0 saturated heterocycles. The number of halogens is 1. The van der Waals surface area contributed by atoms with Gasteiger partial charge in [0.05, 0.1) is 4.90 Å². The SMILES string of the molecule is CCC(C)CNS(=O)(=O)c1ccc(N)cc1Br. The smallest absolute Gasteiger partial charge is 0.241 e. The van der Waals surface area contributed by atoms with Crippen LogP contribution in [-0.4, -0.2) is 15.0 Å². The van der Waals surface area contributed by atoms with Crippen molar-refractivity contribution in [1.82, 2.24) is 4.72 Å². The Hall–Kier alpha value is -0.590. The van der Waals surface area contributed by atoms with Gasteiger partial charge in [-0.25, -0.2) is 13.1 Å². The first kappa shape index (κ1) is 14.5. The van der Waals surface area contributed by atoms with Gasteiger partial charge in [0.25, 0.3) is 0 Å². The van der Waals surface area contributed by atoms with E-state index >= 15 is 0 Å². The van der Waals surface area contributed by atoms with Crippen molar-refractivity contribution in [1.29, 1.82) is 0 Å². The van der Waals surface area contributed by atoms with Crippen LogP contribution in [0, 0.1) is 5.92 Å². The molecule has 4 nitrogen and oxygen atoms in total. The fraction of sp³-hybridized carbons (Fsp3) is 0.455. The van der Waals surface area contributed by atoms with Crippen LogP contribution in [-0.2, 0) is 10.0 Å². The van der Waals surface area contributed by atoms with E-state index in [-0.39, 0.29) is 4.90 Å². The summed E-state index contributed by atoms with van der Waals surface area (Å²) in [6.45, 7) is 4.47. The molecule has 1 rings (SSSR count). The number of hydrogen-bond donors (Lipinski definition) is 2. The lowest BCUT2D eigenvalue weighted by molar-refractivity contribution is 0.528. The monoisotopic (exact) mass is 320 g/mol. The van der Waals surface area contributed by atoms with Crippen LogP contribution in [0.1, 0.15) is 20.3 Å². The molecule has 0 spiro atoms. The normalized spacial score (nSPS) is 13.6. The fourth-order valence-electron chi connectivity index (χ4n) is 1.21. The zero-order valence-electron chi connectivity index (χ0n) is 9.90. The largest absolute Gasteiger partial charge is 0.399 e. The topological polar surface area (TPSA) is 72.2 Å². The van der Waals surface area contributed by atoms with Crippen molar-refractivity contribution in [2.24, 2.45) is 5.92 Å². The minimum Gasteiger partial charge on any atom is -0.399 e. The van der Waals surface area contributed by atoms with Crippen molar-refractivity contribution in [2.45, 2.75) is 25.2 Å².